The molecule has 3 aromatic carbocycles. The second kappa shape index (κ2) is 8.59. The van der Waals surface area contributed by atoms with E-state index < -0.39 is 0 Å². The van der Waals surface area contributed by atoms with Gasteiger partial charge in [-0.25, -0.2) is 9.97 Å². The molecule has 0 saturated heterocycles. The normalized spacial score (nSPS) is 11.2. The fraction of sp³-hybridized carbons (Fsp3) is 0.185. The van der Waals surface area contributed by atoms with E-state index >= 15 is 0 Å². The molecule has 5 aromatic rings. The summed E-state index contributed by atoms with van der Waals surface area (Å²) >= 11 is 0. The number of nitrogens with zero attached hydrogens (tertiary/aromatic N) is 3. The molecular weight excluding hydrogens is 428 g/mol. The number of rotatable bonds is 6. The molecular formula is C27H26N4O3. The number of fused-ring (bicyclic) bond motifs is 3. The maximum atomic E-state index is 6.01. The van der Waals surface area contributed by atoms with Crippen LogP contribution in [0.3, 0.4) is 0 Å². The highest BCUT2D eigenvalue weighted by Gasteiger charge is 2.19. The van der Waals surface area contributed by atoms with Crippen LogP contribution in [0.4, 0.5) is 5.95 Å². The lowest BCUT2D eigenvalue weighted by Crippen LogP contribution is -2.00. The van der Waals surface area contributed by atoms with E-state index in [1.807, 2.05) is 12.1 Å². The Labute approximate surface area is 197 Å². The predicted molar refractivity (Wildman–Crippen MR) is 136 cm³/mol. The molecule has 0 fully saturated rings. The Kier molecular flexibility index (Phi) is 5.45. The fourth-order valence-corrected chi connectivity index (χ4v) is 4.61. The molecule has 0 unspecified atom stereocenters. The number of aromatic nitrogens is 3. The van der Waals surface area contributed by atoms with E-state index in [9.17, 15) is 0 Å². The van der Waals surface area contributed by atoms with Crippen molar-refractivity contribution in [1.82, 2.24) is 14.5 Å². The number of ether oxygens (including phenoxy) is 3. The van der Waals surface area contributed by atoms with Gasteiger partial charge in [0.2, 0.25) is 11.7 Å². The number of nitrogen functional groups attached to an aromatic ring is 1. The summed E-state index contributed by atoms with van der Waals surface area (Å²) in [4.78, 5) is 8.90. The SMILES string of the molecule is CCn1c2ccccc2c2cc(-c3cnc(N)nc3-c3cc(OC)c(OC)c(OC)c3)ccc21. The summed E-state index contributed by atoms with van der Waals surface area (Å²) in [6, 6.07) is 18.7. The molecule has 2 aromatic heterocycles. The van der Waals surface area contributed by atoms with Crippen molar-refractivity contribution in [2.24, 2.45) is 0 Å². The summed E-state index contributed by atoms with van der Waals surface area (Å²) in [5, 5.41) is 2.40. The summed E-state index contributed by atoms with van der Waals surface area (Å²) in [6.07, 6.45) is 1.76. The van der Waals surface area contributed by atoms with Gasteiger partial charge in [0, 0.05) is 45.7 Å². The van der Waals surface area contributed by atoms with E-state index in [0.717, 1.165) is 23.2 Å². The molecule has 5 rings (SSSR count). The van der Waals surface area contributed by atoms with Crippen molar-refractivity contribution >= 4 is 27.8 Å². The maximum Gasteiger partial charge on any atom is 0.220 e. The van der Waals surface area contributed by atoms with E-state index in [4.69, 9.17) is 19.9 Å². The quantitative estimate of drug-likeness (QED) is 0.362. The lowest BCUT2D eigenvalue weighted by molar-refractivity contribution is 0.324. The summed E-state index contributed by atoms with van der Waals surface area (Å²) in [6.45, 7) is 3.06. The van der Waals surface area contributed by atoms with Gasteiger partial charge in [-0.2, -0.15) is 0 Å². The highest BCUT2D eigenvalue weighted by molar-refractivity contribution is 6.09. The molecule has 7 nitrogen and oxygen atoms in total. The van der Waals surface area contributed by atoms with Gasteiger partial charge in [0.25, 0.3) is 0 Å². The zero-order valence-corrected chi connectivity index (χ0v) is 19.6. The minimum atomic E-state index is 0.191. The molecule has 34 heavy (non-hydrogen) atoms. The van der Waals surface area contributed by atoms with Gasteiger partial charge < -0.3 is 24.5 Å². The average molecular weight is 455 g/mol. The zero-order valence-electron chi connectivity index (χ0n) is 19.6. The first-order valence-electron chi connectivity index (χ1n) is 11.0. The number of aryl methyl sites for hydroxylation is 1. The Morgan fingerprint density at radius 2 is 1.53 bits per heavy atom. The van der Waals surface area contributed by atoms with Gasteiger partial charge in [0.15, 0.2) is 11.5 Å². The lowest BCUT2D eigenvalue weighted by Gasteiger charge is -2.16. The summed E-state index contributed by atoms with van der Waals surface area (Å²) < 4.78 is 18.9. The van der Waals surface area contributed by atoms with Crippen LogP contribution in [0.25, 0.3) is 44.2 Å². The molecule has 0 aliphatic carbocycles. The number of nitrogens with two attached hydrogens (primary N) is 1. The van der Waals surface area contributed by atoms with E-state index in [1.54, 1.807) is 27.5 Å². The van der Waals surface area contributed by atoms with Crippen LogP contribution < -0.4 is 19.9 Å². The number of hydrogen-bond acceptors (Lipinski definition) is 6. The van der Waals surface area contributed by atoms with Crippen LogP contribution in [0.2, 0.25) is 0 Å². The van der Waals surface area contributed by atoms with Crippen molar-refractivity contribution in [3.8, 4) is 39.6 Å². The first-order chi connectivity index (χ1) is 16.6. The molecule has 0 aliphatic heterocycles. The van der Waals surface area contributed by atoms with E-state index in [1.165, 1.54) is 21.8 Å². The molecule has 0 amide bonds. The van der Waals surface area contributed by atoms with Crippen molar-refractivity contribution in [3.05, 3.63) is 60.8 Å². The number of methoxy groups -OCH3 is 3. The summed E-state index contributed by atoms with van der Waals surface area (Å²) in [5.74, 6) is 1.80. The topological polar surface area (TPSA) is 84.4 Å². The smallest absolute Gasteiger partial charge is 0.220 e. The third-order valence-electron chi connectivity index (χ3n) is 6.15. The monoisotopic (exact) mass is 454 g/mol. The average Bonchev–Trinajstić information content (AvgIpc) is 3.20. The van der Waals surface area contributed by atoms with Crippen LogP contribution in [0.1, 0.15) is 6.92 Å². The van der Waals surface area contributed by atoms with E-state index in [-0.39, 0.29) is 5.95 Å². The Morgan fingerprint density at radius 3 is 2.21 bits per heavy atom. The number of hydrogen-bond donors (Lipinski definition) is 1. The van der Waals surface area contributed by atoms with Crippen LogP contribution in [0.15, 0.2) is 60.8 Å². The van der Waals surface area contributed by atoms with Crippen LogP contribution in [0, 0.1) is 0 Å². The maximum absolute atomic E-state index is 6.01. The van der Waals surface area contributed by atoms with Gasteiger partial charge >= 0.3 is 0 Å². The van der Waals surface area contributed by atoms with Gasteiger partial charge in [-0.3, -0.25) is 0 Å². The van der Waals surface area contributed by atoms with Gasteiger partial charge in [-0.05, 0) is 42.8 Å². The lowest BCUT2D eigenvalue weighted by atomic mass is 9.98. The molecule has 0 aliphatic rings. The minimum absolute atomic E-state index is 0.191. The molecule has 0 spiro atoms. The molecule has 172 valence electrons. The standard InChI is InChI=1S/C27H26N4O3/c1-5-31-21-9-7-6-8-18(21)19-12-16(10-11-22(19)31)20-15-29-27(28)30-25(20)17-13-23(32-2)26(34-4)24(14-17)33-3/h6-15H,5H2,1-4H3,(H2,28,29,30). The van der Waals surface area contributed by atoms with Crippen molar-refractivity contribution in [2.45, 2.75) is 13.5 Å². The Hall–Kier alpha value is -4.26. The molecule has 2 N–H and O–H groups in total. The van der Waals surface area contributed by atoms with Crippen molar-refractivity contribution in [3.63, 3.8) is 0 Å². The highest BCUT2D eigenvalue weighted by Crippen LogP contribution is 2.43. The number of benzene rings is 3. The second-order valence-electron chi connectivity index (χ2n) is 7.90. The van der Waals surface area contributed by atoms with E-state index in [0.29, 0.717) is 22.9 Å². The van der Waals surface area contributed by atoms with Gasteiger partial charge in [0.05, 0.1) is 27.0 Å². The highest BCUT2D eigenvalue weighted by atomic mass is 16.5. The van der Waals surface area contributed by atoms with Crippen LogP contribution in [-0.2, 0) is 6.54 Å². The Balaban J connectivity index is 1.76. The molecule has 0 radical (unpaired) electrons. The van der Waals surface area contributed by atoms with Crippen LogP contribution in [-0.4, -0.2) is 35.9 Å². The largest absolute Gasteiger partial charge is 0.493 e. The molecule has 0 saturated carbocycles. The van der Waals surface area contributed by atoms with Gasteiger partial charge in [-0.15, -0.1) is 0 Å². The summed E-state index contributed by atoms with van der Waals surface area (Å²) in [5.41, 5.74) is 11.8. The number of anilines is 1. The molecule has 0 bridgehead atoms. The van der Waals surface area contributed by atoms with E-state index in [2.05, 4.69) is 63.9 Å². The minimum Gasteiger partial charge on any atom is -0.493 e. The number of para-hydroxylation sites is 1. The predicted octanol–water partition coefficient (Wildman–Crippen LogP) is 5.55. The molecule has 2 heterocycles. The first-order valence-corrected chi connectivity index (χ1v) is 11.0. The Bertz CT molecular complexity index is 1500. The van der Waals surface area contributed by atoms with Crippen molar-refractivity contribution in [1.29, 1.82) is 0 Å². The van der Waals surface area contributed by atoms with Crippen LogP contribution >= 0.6 is 0 Å². The second-order valence-corrected chi connectivity index (χ2v) is 7.90. The molecule has 0 atom stereocenters. The third kappa shape index (κ3) is 3.37. The molecule has 7 heteroatoms. The Morgan fingerprint density at radius 1 is 0.824 bits per heavy atom. The third-order valence-corrected chi connectivity index (χ3v) is 6.15. The van der Waals surface area contributed by atoms with Crippen LogP contribution in [0.5, 0.6) is 17.2 Å². The van der Waals surface area contributed by atoms with Crippen molar-refractivity contribution < 1.29 is 14.2 Å². The first kappa shape index (κ1) is 21.6. The fourth-order valence-electron chi connectivity index (χ4n) is 4.61. The summed E-state index contributed by atoms with van der Waals surface area (Å²) in [7, 11) is 4.76. The zero-order chi connectivity index (χ0) is 23.8. The van der Waals surface area contributed by atoms with Gasteiger partial charge in [0.1, 0.15) is 0 Å². The van der Waals surface area contributed by atoms with Gasteiger partial charge in [-0.1, -0.05) is 24.3 Å². The van der Waals surface area contributed by atoms with Crippen molar-refractivity contribution in [2.75, 3.05) is 27.1 Å².